The normalized spacial score (nSPS) is 12.2. The van der Waals surface area contributed by atoms with E-state index in [1.807, 2.05) is 18.2 Å². The van der Waals surface area contributed by atoms with Crippen LogP contribution in [0.25, 0.3) is 0 Å². The van der Waals surface area contributed by atoms with E-state index in [9.17, 15) is 0 Å². The number of rotatable bonds is 5. The lowest BCUT2D eigenvalue weighted by Gasteiger charge is -2.13. The summed E-state index contributed by atoms with van der Waals surface area (Å²) >= 11 is 0. The lowest BCUT2D eigenvalue weighted by atomic mass is 10.0. The quantitative estimate of drug-likeness (QED) is 0.874. The van der Waals surface area contributed by atoms with Gasteiger partial charge in [-0.3, -0.25) is 0 Å². The van der Waals surface area contributed by atoms with Crippen LogP contribution in [0.4, 0.5) is 0 Å². The van der Waals surface area contributed by atoms with Crippen LogP contribution in [0.3, 0.4) is 0 Å². The second-order valence-corrected chi connectivity index (χ2v) is 5.39. The molecular weight excluding hydrogens is 246 g/mol. The average Bonchev–Trinajstić information content (AvgIpc) is 2.44. The van der Waals surface area contributed by atoms with Gasteiger partial charge in [0.05, 0.1) is 0 Å². The van der Waals surface area contributed by atoms with Gasteiger partial charge in [0.2, 0.25) is 0 Å². The first-order valence-electron chi connectivity index (χ1n) is 7.18. The molecule has 2 N–H and O–H groups in total. The summed E-state index contributed by atoms with van der Waals surface area (Å²) in [5.41, 5.74) is 9.65. The van der Waals surface area contributed by atoms with Gasteiger partial charge in [-0.2, -0.15) is 0 Å². The molecule has 0 spiro atoms. The van der Waals surface area contributed by atoms with Gasteiger partial charge in [0, 0.05) is 6.04 Å². The van der Waals surface area contributed by atoms with Crippen molar-refractivity contribution in [3.63, 3.8) is 0 Å². The summed E-state index contributed by atoms with van der Waals surface area (Å²) in [4.78, 5) is 0. The lowest BCUT2D eigenvalue weighted by molar-refractivity contribution is 0.478. The van der Waals surface area contributed by atoms with Gasteiger partial charge in [-0.1, -0.05) is 36.8 Å². The average molecular weight is 269 g/mol. The number of hydrogen-bond donors (Lipinski definition) is 1. The van der Waals surface area contributed by atoms with Crippen molar-refractivity contribution in [3.05, 3.63) is 59.2 Å². The first-order valence-corrected chi connectivity index (χ1v) is 7.18. The molecule has 0 amide bonds. The van der Waals surface area contributed by atoms with Crippen LogP contribution in [0.5, 0.6) is 11.5 Å². The van der Waals surface area contributed by atoms with Gasteiger partial charge in [0.15, 0.2) is 0 Å². The van der Waals surface area contributed by atoms with Crippen molar-refractivity contribution in [2.75, 3.05) is 0 Å². The number of ether oxygens (including phenoxy) is 1. The first kappa shape index (κ1) is 14.6. The summed E-state index contributed by atoms with van der Waals surface area (Å²) in [7, 11) is 0. The second-order valence-electron chi connectivity index (χ2n) is 5.39. The number of benzene rings is 2. The molecule has 0 heterocycles. The smallest absolute Gasteiger partial charge is 0.130 e. The summed E-state index contributed by atoms with van der Waals surface area (Å²) < 4.78 is 5.92. The third-order valence-electron chi connectivity index (χ3n) is 3.51. The molecule has 0 aromatic heterocycles. The predicted octanol–water partition coefficient (Wildman–Crippen LogP) is 4.38. The molecule has 0 saturated heterocycles. The first-order chi connectivity index (χ1) is 9.58. The standard InChI is InChI=1S/C18H23NO/c1-4-16(19)12-15-7-10-18(14(3)11-15)20-17-8-5-13(2)6-9-17/h5-11,16H,4,12,19H2,1-3H3. The van der Waals surface area contributed by atoms with Crippen LogP contribution in [0.15, 0.2) is 42.5 Å². The monoisotopic (exact) mass is 269 g/mol. The Morgan fingerprint density at radius 3 is 2.35 bits per heavy atom. The Bertz CT molecular complexity index is 560. The van der Waals surface area contributed by atoms with Gasteiger partial charge >= 0.3 is 0 Å². The van der Waals surface area contributed by atoms with Gasteiger partial charge in [-0.25, -0.2) is 0 Å². The van der Waals surface area contributed by atoms with Gasteiger partial charge in [-0.05, 0) is 56.0 Å². The van der Waals surface area contributed by atoms with Gasteiger partial charge < -0.3 is 10.5 Å². The van der Waals surface area contributed by atoms with Crippen LogP contribution in [-0.4, -0.2) is 6.04 Å². The predicted molar refractivity (Wildman–Crippen MR) is 84.4 cm³/mol. The van der Waals surface area contributed by atoms with Gasteiger partial charge in [-0.15, -0.1) is 0 Å². The van der Waals surface area contributed by atoms with E-state index in [1.165, 1.54) is 11.1 Å². The summed E-state index contributed by atoms with van der Waals surface area (Å²) in [5, 5.41) is 0. The molecule has 1 unspecified atom stereocenters. The zero-order chi connectivity index (χ0) is 14.5. The molecule has 0 bridgehead atoms. The van der Waals surface area contributed by atoms with Gasteiger partial charge in [0.1, 0.15) is 11.5 Å². The maximum absolute atomic E-state index is 6.00. The third-order valence-corrected chi connectivity index (χ3v) is 3.51. The zero-order valence-electron chi connectivity index (χ0n) is 12.5. The highest BCUT2D eigenvalue weighted by Crippen LogP contribution is 2.26. The van der Waals surface area contributed by atoms with Gasteiger partial charge in [0.25, 0.3) is 0 Å². The van der Waals surface area contributed by atoms with E-state index in [1.54, 1.807) is 0 Å². The highest BCUT2D eigenvalue weighted by molar-refractivity contribution is 5.40. The minimum absolute atomic E-state index is 0.235. The van der Waals surface area contributed by atoms with E-state index >= 15 is 0 Å². The highest BCUT2D eigenvalue weighted by atomic mass is 16.5. The van der Waals surface area contributed by atoms with Crippen molar-refractivity contribution in [2.45, 2.75) is 39.7 Å². The summed E-state index contributed by atoms with van der Waals surface area (Å²) in [6.45, 7) is 6.26. The van der Waals surface area contributed by atoms with Crippen molar-refractivity contribution in [1.82, 2.24) is 0 Å². The molecule has 2 rings (SSSR count). The molecule has 2 aromatic rings. The molecule has 2 nitrogen and oxygen atoms in total. The van der Waals surface area contributed by atoms with Crippen LogP contribution in [-0.2, 0) is 6.42 Å². The number of nitrogens with two attached hydrogens (primary N) is 1. The lowest BCUT2D eigenvalue weighted by Crippen LogP contribution is -2.21. The zero-order valence-corrected chi connectivity index (χ0v) is 12.5. The van der Waals surface area contributed by atoms with Crippen LogP contribution < -0.4 is 10.5 Å². The van der Waals surface area contributed by atoms with E-state index in [4.69, 9.17) is 10.5 Å². The topological polar surface area (TPSA) is 35.2 Å². The molecule has 0 saturated carbocycles. The van der Waals surface area contributed by atoms with Crippen molar-refractivity contribution >= 4 is 0 Å². The molecule has 2 heteroatoms. The van der Waals surface area contributed by atoms with Crippen LogP contribution >= 0.6 is 0 Å². The van der Waals surface area contributed by atoms with Crippen molar-refractivity contribution in [3.8, 4) is 11.5 Å². The number of aryl methyl sites for hydroxylation is 2. The Morgan fingerprint density at radius 1 is 1.05 bits per heavy atom. The Kier molecular flexibility index (Phi) is 4.80. The van der Waals surface area contributed by atoms with E-state index in [0.717, 1.165) is 29.9 Å². The summed E-state index contributed by atoms with van der Waals surface area (Å²) in [6, 6.07) is 14.6. The minimum Gasteiger partial charge on any atom is -0.457 e. The molecule has 106 valence electrons. The number of hydrogen-bond acceptors (Lipinski definition) is 2. The maximum atomic E-state index is 6.00. The van der Waals surface area contributed by atoms with Crippen LogP contribution in [0, 0.1) is 13.8 Å². The molecule has 0 fully saturated rings. The van der Waals surface area contributed by atoms with Crippen molar-refractivity contribution in [2.24, 2.45) is 5.73 Å². The van der Waals surface area contributed by atoms with E-state index < -0.39 is 0 Å². The Labute approximate surface area is 121 Å². The fraction of sp³-hybridized carbons (Fsp3) is 0.333. The van der Waals surface area contributed by atoms with E-state index in [-0.39, 0.29) is 6.04 Å². The minimum atomic E-state index is 0.235. The second kappa shape index (κ2) is 6.58. The summed E-state index contributed by atoms with van der Waals surface area (Å²) in [6.07, 6.45) is 1.92. The van der Waals surface area contributed by atoms with E-state index in [0.29, 0.717) is 0 Å². The molecule has 20 heavy (non-hydrogen) atoms. The largest absolute Gasteiger partial charge is 0.457 e. The SMILES string of the molecule is CCC(N)Cc1ccc(Oc2ccc(C)cc2)c(C)c1. The molecule has 0 aliphatic carbocycles. The molecule has 0 aliphatic rings. The molecule has 1 atom stereocenters. The van der Waals surface area contributed by atoms with Crippen LogP contribution in [0.1, 0.15) is 30.0 Å². The maximum Gasteiger partial charge on any atom is 0.130 e. The summed E-state index contributed by atoms with van der Waals surface area (Å²) in [5.74, 6) is 1.78. The van der Waals surface area contributed by atoms with E-state index in [2.05, 4.69) is 45.0 Å². The molecule has 0 aliphatic heterocycles. The highest BCUT2D eigenvalue weighted by Gasteiger charge is 2.06. The Hall–Kier alpha value is -1.80. The van der Waals surface area contributed by atoms with Crippen molar-refractivity contribution in [1.29, 1.82) is 0 Å². The molecule has 2 aromatic carbocycles. The third kappa shape index (κ3) is 3.84. The Balaban J connectivity index is 2.11. The fourth-order valence-corrected chi connectivity index (χ4v) is 2.13. The van der Waals surface area contributed by atoms with Crippen LogP contribution in [0.2, 0.25) is 0 Å². The van der Waals surface area contributed by atoms with Crippen molar-refractivity contribution < 1.29 is 4.74 Å². The molecule has 0 radical (unpaired) electrons. The Morgan fingerprint density at radius 2 is 1.75 bits per heavy atom. The molecular formula is C18H23NO. The fourth-order valence-electron chi connectivity index (χ4n) is 2.13.